The van der Waals surface area contributed by atoms with Crippen molar-refractivity contribution in [3.8, 4) is 0 Å². The van der Waals surface area contributed by atoms with Gasteiger partial charge in [-0.05, 0) is 12.3 Å². The van der Waals surface area contributed by atoms with Crippen molar-refractivity contribution in [2.45, 2.75) is 17.3 Å². The highest BCUT2D eigenvalue weighted by atomic mass is 79.9. The summed E-state index contributed by atoms with van der Waals surface area (Å²) in [7, 11) is 0. The van der Waals surface area contributed by atoms with Gasteiger partial charge in [0.15, 0.2) is 0 Å². The number of nitroso groups, excluding NO2 is 1. The molecule has 3 heteroatoms. The molecule has 4 unspecified atom stereocenters. The van der Waals surface area contributed by atoms with Gasteiger partial charge in [0.2, 0.25) is 0 Å². The molecule has 1 fully saturated rings. The van der Waals surface area contributed by atoms with Crippen molar-refractivity contribution in [3.63, 3.8) is 0 Å². The number of alkyl halides is 1. The predicted molar refractivity (Wildman–Crippen MR) is 43.0 cm³/mol. The van der Waals surface area contributed by atoms with Gasteiger partial charge in [0, 0.05) is 10.7 Å². The van der Waals surface area contributed by atoms with E-state index in [1.54, 1.807) is 0 Å². The Morgan fingerprint density at radius 1 is 1.40 bits per heavy atom. The van der Waals surface area contributed by atoms with Gasteiger partial charge in [0.05, 0.1) is 0 Å². The van der Waals surface area contributed by atoms with Crippen LogP contribution in [0.3, 0.4) is 0 Å². The fourth-order valence-electron chi connectivity index (χ4n) is 1.87. The van der Waals surface area contributed by atoms with E-state index in [0.717, 1.165) is 6.42 Å². The van der Waals surface area contributed by atoms with Crippen LogP contribution in [-0.2, 0) is 0 Å². The highest BCUT2D eigenvalue weighted by Gasteiger charge is 2.44. The number of halogens is 1. The summed E-state index contributed by atoms with van der Waals surface area (Å²) in [5.74, 6) is 0.986. The predicted octanol–water partition coefficient (Wildman–Crippen LogP) is 2.09. The van der Waals surface area contributed by atoms with E-state index < -0.39 is 0 Å². The van der Waals surface area contributed by atoms with Crippen molar-refractivity contribution in [2.24, 2.45) is 17.0 Å². The summed E-state index contributed by atoms with van der Waals surface area (Å²) in [6, 6.07) is -0.00463. The third kappa shape index (κ3) is 0.698. The van der Waals surface area contributed by atoms with E-state index in [4.69, 9.17) is 0 Å². The van der Waals surface area contributed by atoms with Gasteiger partial charge in [0.1, 0.15) is 6.04 Å². The molecule has 4 atom stereocenters. The van der Waals surface area contributed by atoms with Crippen LogP contribution < -0.4 is 0 Å². The van der Waals surface area contributed by atoms with Gasteiger partial charge in [-0.3, -0.25) is 0 Å². The second-order valence-corrected chi connectivity index (χ2v) is 4.05. The minimum absolute atomic E-state index is 0.00463. The quantitative estimate of drug-likeness (QED) is 0.363. The van der Waals surface area contributed by atoms with Gasteiger partial charge in [0.25, 0.3) is 0 Å². The van der Waals surface area contributed by atoms with Gasteiger partial charge < -0.3 is 0 Å². The van der Waals surface area contributed by atoms with E-state index in [1.165, 1.54) is 0 Å². The van der Waals surface area contributed by atoms with Crippen LogP contribution in [0, 0.1) is 16.7 Å². The van der Waals surface area contributed by atoms with Crippen molar-refractivity contribution in [2.75, 3.05) is 0 Å². The Hall–Kier alpha value is -0.180. The number of fused-ring (bicyclic) bond motifs is 2. The third-order valence-corrected chi connectivity index (χ3v) is 3.67. The minimum Gasteiger partial charge on any atom is -0.150 e. The van der Waals surface area contributed by atoms with Crippen molar-refractivity contribution in [3.05, 3.63) is 17.1 Å². The lowest BCUT2D eigenvalue weighted by atomic mass is 10.0. The van der Waals surface area contributed by atoms with Gasteiger partial charge in [-0.15, -0.1) is 0 Å². The van der Waals surface area contributed by atoms with Gasteiger partial charge in [-0.2, -0.15) is 4.91 Å². The Balaban J connectivity index is 2.25. The first-order chi connectivity index (χ1) is 4.83. The summed E-state index contributed by atoms with van der Waals surface area (Å²) in [4.78, 5) is 10.6. The molecule has 2 aliphatic rings. The summed E-state index contributed by atoms with van der Waals surface area (Å²) in [5, 5.41) is 3.10. The Labute approximate surface area is 67.8 Å². The normalized spacial score (nSPS) is 50.1. The molecule has 0 saturated heterocycles. The summed E-state index contributed by atoms with van der Waals surface area (Å²) < 4.78 is 0. The molecule has 0 spiro atoms. The van der Waals surface area contributed by atoms with Crippen molar-refractivity contribution < 1.29 is 0 Å². The fraction of sp³-hybridized carbons (Fsp3) is 0.714. The second kappa shape index (κ2) is 2.16. The summed E-state index contributed by atoms with van der Waals surface area (Å²) in [6.45, 7) is 0. The zero-order chi connectivity index (χ0) is 7.14. The summed E-state index contributed by atoms with van der Waals surface area (Å²) in [5.41, 5.74) is 0. The smallest absolute Gasteiger partial charge is 0.111 e. The molecule has 54 valence electrons. The molecule has 0 amide bonds. The van der Waals surface area contributed by atoms with Gasteiger partial charge >= 0.3 is 0 Å². The van der Waals surface area contributed by atoms with Crippen LogP contribution in [0.15, 0.2) is 17.3 Å². The van der Waals surface area contributed by atoms with E-state index in [2.05, 4.69) is 33.3 Å². The van der Waals surface area contributed by atoms with Crippen LogP contribution in [0.5, 0.6) is 0 Å². The molecular weight excluding hydrogens is 194 g/mol. The van der Waals surface area contributed by atoms with Gasteiger partial charge in [-0.1, -0.05) is 33.3 Å². The average molecular weight is 202 g/mol. The lowest BCUT2D eigenvalue weighted by Gasteiger charge is -2.15. The fourth-order valence-corrected chi connectivity index (χ4v) is 2.75. The molecule has 1 saturated carbocycles. The van der Waals surface area contributed by atoms with Crippen LogP contribution in [0.25, 0.3) is 0 Å². The molecular formula is C7H8BrNO. The standard InChI is InChI=1S/C7H8BrNO/c8-6-4-1-2-5(3-4)7(6)9-10/h1-2,4-7H,3H2. The minimum atomic E-state index is -0.00463. The molecule has 10 heavy (non-hydrogen) atoms. The second-order valence-electron chi connectivity index (χ2n) is 2.99. The number of allylic oxidation sites excluding steroid dienone is 1. The van der Waals surface area contributed by atoms with Crippen LogP contribution in [-0.4, -0.2) is 10.9 Å². The summed E-state index contributed by atoms with van der Waals surface area (Å²) >= 11 is 3.48. The molecule has 0 aromatic rings. The zero-order valence-electron chi connectivity index (χ0n) is 5.40. The van der Waals surface area contributed by atoms with Crippen LogP contribution >= 0.6 is 15.9 Å². The largest absolute Gasteiger partial charge is 0.150 e. The van der Waals surface area contributed by atoms with Crippen molar-refractivity contribution in [1.82, 2.24) is 0 Å². The molecule has 0 aliphatic heterocycles. The van der Waals surface area contributed by atoms with E-state index in [0.29, 0.717) is 16.7 Å². The molecule has 0 aromatic heterocycles. The third-order valence-electron chi connectivity index (χ3n) is 2.45. The maximum absolute atomic E-state index is 10.3. The molecule has 2 aliphatic carbocycles. The number of hydrogen-bond acceptors (Lipinski definition) is 2. The van der Waals surface area contributed by atoms with Crippen molar-refractivity contribution in [1.29, 1.82) is 0 Å². The van der Waals surface area contributed by atoms with E-state index >= 15 is 0 Å². The van der Waals surface area contributed by atoms with E-state index in [9.17, 15) is 4.91 Å². The van der Waals surface area contributed by atoms with Crippen LogP contribution in [0.1, 0.15) is 6.42 Å². The topological polar surface area (TPSA) is 29.4 Å². The lowest BCUT2D eigenvalue weighted by molar-refractivity contribution is 0.588. The first kappa shape index (κ1) is 6.53. The maximum Gasteiger partial charge on any atom is 0.111 e. The van der Waals surface area contributed by atoms with Crippen molar-refractivity contribution >= 4 is 15.9 Å². The molecule has 0 aromatic carbocycles. The number of nitrogens with zero attached hydrogens (tertiary/aromatic N) is 1. The molecule has 0 radical (unpaired) electrons. The first-order valence-electron chi connectivity index (χ1n) is 3.48. The van der Waals surface area contributed by atoms with E-state index in [1.807, 2.05) is 0 Å². The van der Waals surface area contributed by atoms with Crippen LogP contribution in [0.2, 0.25) is 0 Å². The van der Waals surface area contributed by atoms with Crippen LogP contribution in [0.4, 0.5) is 0 Å². The molecule has 2 bridgehead atoms. The zero-order valence-corrected chi connectivity index (χ0v) is 6.99. The Kier molecular flexibility index (Phi) is 1.41. The summed E-state index contributed by atoms with van der Waals surface area (Å²) in [6.07, 6.45) is 5.42. The SMILES string of the molecule is O=NC1C2C=CC(C2)C1Br. The Morgan fingerprint density at radius 2 is 2.10 bits per heavy atom. The highest BCUT2D eigenvalue weighted by molar-refractivity contribution is 9.09. The van der Waals surface area contributed by atoms with Gasteiger partial charge in [-0.25, -0.2) is 0 Å². The number of hydrogen-bond donors (Lipinski definition) is 0. The Morgan fingerprint density at radius 3 is 2.50 bits per heavy atom. The average Bonchev–Trinajstić information content (AvgIpc) is 2.46. The monoisotopic (exact) mass is 201 g/mol. The van der Waals surface area contributed by atoms with E-state index in [-0.39, 0.29) is 6.04 Å². The maximum atomic E-state index is 10.3. The highest BCUT2D eigenvalue weighted by Crippen LogP contribution is 2.44. The lowest BCUT2D eigenvalue weighted by Crippen LogP contribution is -2.22. The molecule has 0 N–H and O–H groups in total. The number of rotatable bonds is 1. The Bertz CT molecular complexity index is 192. The molecule has 0 heterocycles. The molecule has 2 nitrogen and oxygen atoms in total. The first-order valence-corrected chi connectivity index (χ1v) is 4.39. The molecule has 2 rings (SSSR count).